The Balaban J connectivity index is 2.40. The third-order valence-corrected chi connectivity index (χ3v) is 0.963. The average Bonchev–Trinajstić information content (AvgIpc) is 1.69. The molecule has 40 valence electrons. The van der Waals surface area contributed by atoms with E-state index < -0.39 is 0 Å². The average molecular weight is 99.1 g/mol. The summed E-state index contributed by atoms with van der Waals surface area (Å²) in [6, 6.07) is 0. The van der Waals surface area contributed by atoms with Gasteiger partial charge >= 0.3 is 0 Å². The van der Waals surface area contributed by atoms with Gasteiger partial charge in [-0.15, -0.1) is 0 Å². The Morgan fingerprint density at radius 3 is 2.86 bits per heavy atom. The van der Waals surface area contributed by atoms with Crippen molar-refractivity contribution < 1.29 is 4.74 Å². The summed E-state index contributed by atoms with van der Waals surface area (Å²) in [5.41, 5.74) is 5.27. The van der Waals surface area contributed by atoms with Gasteiger partial charge in [-0.3, -0.25) is 0 Å². The summed E-state index contributed by atoms with van der Waals surface area (Å²) in [5.74, 6) is 0.589. The molecule has 0 radical (unpaired) electrons. The number of hydrogen-bond acceptors (Lipinski definition) is 2. The van der Waals surface area contributed by atoms with Crippen LogP contribution in [0, 0.1) is 0 Å². The fourth-order valence-corrected chi connectivity index (χ4v) is 0.577. The number of hydrogen-bond donors (Lipinski definition) is 1. The lowest BCUT2D eigenvalue weighted by molar-refractivity contribution is 0.191. The Kier molecular flexibility index (Phi) is 1.20. The third-order valence-electron chi connectivity index (χ3n) is 0.963. The van der Waals surface area contributed by atoms with Crippen molar-refractivity contribution in [2.24, 2.45) is 5.73 Å². The van der Waals surface area contributed by atoms with Crippen LogP contribution in [0.25, 0.3) is 0 Å². The van der Waals surface area contributed by atoms with Crippen LogP contribution < -0.4 is 5.73 Å². The molecule has 0 saturated carbocycles. The fraction of sp³-hybridized carbons (Fsp3) is 0.600. The van der Waals surface area contributed by atoms with Gasteiger partial charge in [0, 0.05) is 0 Å². The Morgan fingerprint density at radius 2 is 2.57 bits per heavy atom. The molecule has 0 aromatic rings. The Hall–Kier alpha value is -0.660. The molecule has 0 aliphatic carbocycles. The van der Waals surface area contributed by atoms with Crippen molar-refractivity contribution in [2.75, 3.05) is 6.61 Å². The van der Waals surface area contributed by atoms with Crippen LogP contribution in [0.15, 0.2) is 12.0 Å². The highest BCUT2D eigenvalue weighted by Gasteiger charge is 1.95. The first-order valence-electron chi connectivity index (χ1n) is 2.48. The van der Waals surface area contributed by atoms with Crippen molar-refractivity contribution in [3.05, 3.63) is 12.0 Å². The van der Waals surface area contributed by atoms with Gasteiger partial charge in [-0.1, -0.05) is 0 Å². The SMILES string of the molecule is NC1=CCCCO1. The second-order valence-electron chi connectivity index (χ2n) is 1.60. The summed E-state index contributed by atoms with van der Waals surface area (Å²) < 4.78 is 4.92. The van der Waals surface area contributed by atoms with Gasteiger partial charge in [-0.05, 0) is 18.9 Å². The first kappa shape index (κ1) is 4.50. The van der Waals surface area contributed by atoms with E-state index in [9.17, 15) is 0 Å². The van der Waals surface area contributed by atoms with Gasteiger partial charge < -0.3 is 10.5 Å². The molecule has 0 aromatic carbocycles. The largest absolute Gasteiger partial charge is 0.480 e. The van der Waals surface area contributed by atoms with Crippen molar-refractivity contribution in [3.8, 4) is 0 Å². The summed E-state index contributed by atoms with van der Waals surface area (Å²) in [4.78, 5) is 0. The topological polar surface area (TPSA) is 35.2 Å². The van der Waals surface area contributed by atoms with Gasteiger partial charge in [-0.25, -0.2) is 0 Å². The van der Waals surface area contributed by atoms with Crippen molar-refractivity contribution in [1.82, 2.24) is 0 Å². The molecular formula is C5H9NO. The van der Waals surface area contributed by atoms with Gasteiger partial charge in [-0.2, -0.15) is 0 Å². The molecular weight excluding hydrogens is 90.1 g/mol. The number of rotatable bonds is 0. The predicted molar refractivity (Wildman–Crippen MR) is 27.5 cm³/mol. The van der Waals surface area contributed by atoms with E-state index >= 15 is 0 Å². The molecule has 2 N–H and O–H groups in total. The van der Waals surface area contributed by atoms with Crippen LogP contribution in [0.4, 0.5) is 0 Å². The molecule has 0 saturated heterocycles. The summed E-state index contributed by atoms with van der Waals surface area (Å²) in [6.07, 6.45) is 4.09. The second-order valence-corrected chi connectivity index (χ2v) is 1.60. The quantitative estimate of drug-likeness (QED) is 0.482. The lowest BCUT2D eigenvalue weighted by atomic mass is 10.3. The van der Waals surface area contributed by atoms with E-state index in [1.54, 1.807) is 0 Å². The monoisotopic (exact) mass is 99.1 g/mol. The summed E-state index contributed by atoms with van der Waals surface area (Å²) in [5, 5.41) is 0. The first-order valence-corrected chi connectivity index (χ1v) is 2.48. The second kappa shape index (κ2) is 1.87. The highest BCUT2D eigenvalue weighted by atomic mass is 16.5. The van der Waals surface area contributed by atoms with Crippen LogP contribution >= 0.6 is 0 Å². The predicted octanol–water partition coefficient (Wildman–Crippen LogP) is 0.597. The van der Waals surface area contributed by atoms with E-state index in [2.05, 4.69) is 0 Å². The molecule has 0 bridgehead atoms. The van der Waals surface area contributed by atoms with Crippen molar-refractivity contribution in [3.63, 3.8) is 0 Å². The van der Waals surface area contributed by atoms with Gasteiger partial charge in [0.25, 0.3) is 0 Å². The zero-order chi connectivity index (χ0) is 5.11. The van der Waals surface area contributed by atoms with Crippen molar-refractivity contribution in [2.45, 2.75) is 12.8 Å². The van der Waals surface area contributed by atoms with Crippen LogP contribution in [0.5, 0.6) is 0 Å². The van der Waals surface area contributed by atoms with Gasteiger partial charge in [0.05, 0.1) is 6.61 Å². The maximum absolute atomic E-state index is 5.27. The third kappa shape index (κ3) is 1.11. The van der Waals surface area contributed by atoms with Crippen LogP contribution in [0.1, 0.15) is 12.8 Å². The van der Waals surface area contributed by atoms with Crippen LogP contribution in [0.2, 0.25) is 0 Å². The molecule has 2 heteroatoms. The molecule has 1 rings (SSSR count). The molecule has 1 heterocycles. The maximum Gasteiger partial charge on any atom is 0.179 e. The highest BCUT2D eigenvalue weighted by molar-refractivity contribution is 4.89. The molecule has 2 nitrogen and oxygen atoms in total. The Bertz CT molecular complexity index is 88.1. The normalized spacial score (nSPS) is 20.3. The summed E-state index contributed by atoms with van der Waals surface area (Å²) in [7, 11) is 0. The minimum atomic E-state index is 0.589. The molecule has 1 aliphatic rings. The molecule has 0 fully saturated rings. The van der Waals surface area contributed by atoms with Gasteiger partial charge in [0.1, 0.15) is 0 Å². The van der Waals surface area contributed by atoms with E-state index in [-0.39, 0.29) is 0 Å². The number of allylic oxidation sites excluding steroid dienone is 1. The lowest BCUT2D eigenvalue weighted by Gasteiger charge is -2.08. The standard InChI is InChI=1S/C5H9NO/c6-5-3-1-2-4-7-5/h3H,1-2,4,6H2. The summed E-state index contributed by atoms with van der Waals surface area (Å²) >= 11 is 0. The highest BCUT2D eigenvalue weighted by Crippen LogP contribution is 2.03. The molecule has 0 spiro atoms. The Labute approximate surface area is 43.0 Å². The zero-order valence-corrected chi connectivity index (χ0v) is 4.18. The van der Waals surface area contributed by atoms with Crippen molar-refractivity contribution in [1.29, 1.82) is 0 Å². The summed E-state index contributed by atoms with van der Waals surface area (Å²) in [6.45, 7) is 0.794. The van der Waals surface area contributed by atoms with Gasteiger partial charge in [0.15, 0.2) is 5.88 Å². The van der Waals surface area contributed by atoms with E-state index in [0.717, 1.165) is 19.4 Å². The van der Waals surface area contributed by atoms with E-state index in [1.807, 2.05) is 6.08 Å². The molecule has 0 unspecified atom stereocenters. The Morgan fingerprint density at radius 1 is 1.71 bits per heavy atom. The lowest BCUT2D eigenvalue weighted by Crippen LogP contribution is -2.07. The van der Waals surface area contributed by atoms with E-state index in [4.69, 9.17) is 10.5 Å². The zero-order valence-electron chi connectivity index (χ0n) is 4.18. The molecule has 0 amide bonds. The van der Waals surface area contributed by atoms with Gasteiger partial charge in [0.2, 0.25) is 0 Å². The van der Waals surface area contributed by atoms with Crippen molar-refractivity contribution >= 4 is 0 Å². The fourth-order valence-electron chi connectivity index (χ4n) is 0.577. The number of nitrogens with two attached hydrogens (primary N) is 1. The smallest absolute Gasteiger partial charge is 0.179 e. The van der Waals surface area contributed by atoms with Crippen LogP contribution in [-0.4, -0.2) is 6.61 Å². The number of ether oxygens (including phenoxy) is 1. The maximum atomic E-state index is 5.27. The minimum absolute atomic E-state index is 0.589. The molecule has 0 atom stereocenters. The minimum Gasteiger partial charge on any atom is -0.480 e. The molecule has 7 heavy (non-hydrogen) atoms. The van der Waals surface area contributed by atoms with E-state index in [1.165, 1.54) is 0 Å². The van der Waals surface area contributed by atoms with Crippen LogP contribution in [-0.2, 0) is 4.74 Å². The van der Waals surface area contributed by atoms with Crippen LogP contribution in [0.3, 0.4) is 0 Å². The first-order chi connectivity index (χ1) is 3.39. The molecule has 1 aliphatic heterocycles. The molecule has 0 aromatic heterocycles. The van der Waals surface area contributed by atoms with E-state index in [0.29, 0.717) is 5.88 Å².